The van der Waals surface area contributed by atoms with Gasteiger partial charge in [-0.2, -0.15) is 5.10 Å². The van der Waals surface area contributed by atoms with Gasteiger partial charge < -0.3 is 14.8 Å². The van der Waals surface area contributed by atoms with Crippen LogP contribution >= 0.6 is 11.3 Å². The molecule has 1 amide bonds. The standard InChI is InChI=1S/C19H20N4O3S/c1-12-9-13(2)23(22-12)19-21-14(11-27-19)7-8-20-18(24)17-10-25-15-5-3-4-6-16(15)26-17/h3-6,9,11,17H,7-8,10H2,1-2H3,(H,20,24). The number of nitrogens with zero attached hydrogens (tertiary/aromatic N) is 3. The molecule has 27 heavy (non-hydrogen) atoms. The molecule has 3 heterocycles. The summed E-state index contributed by atoms with van der Waals surface area (Å²) in [6, 6.07) is 9.37. The van der Waals surface area contributed by atoms with E-state index in [2.05, 4.69) is 15.4 Å². The van der Waals surface area contributed by atoms with Crippen LogP contribution in [0.25, 0.3) is 5.13 Å². The lowest BCUT2D eigenvalue weighted by atomic mass is 10.2. The largest absolute Gasteiger partial charge is 0.485 e. The molecule has 0 radical (unpaired) electrons. The van der Waals surface area contributed by atoms with Crippen LogP contribution in [0.5, 0.6) is 11.5 Å². The lowest BCUT2D eigenvalue weighted by molar-refractivity contribution is -0.130. The van der Waals surface area contributed by atoms with Crippen molar-refractivity contribution >= 4 is 17.2 Å². The SMILES string of the molecule is Cc1cc(C)n(-c2nc(CCNC(=O)C3COc4ccccc4O3)cs2)n1. The Bertz CT molecular complexity index is 966. The van der Waals surface area contributed by atoms with E-state index in [1.54, 1.807) is 17.4 Å². The summed E-state index contributed by atoms with van der Waals surface area (Å²) < 4.78 is 13.1. The number of carbonyl (C=O) groups excluding carboxylic acids is 1. The summed E-state index contributed by atoms with van der Waals surface area (Å²) in [5, 5.41) is 10.2. The third-order valence-corrected chi connectivity index (χ3v) is 5.08. The van der Waals surface area contributed by atoms with Gasteiger partial charge in [0.15, 0.2) is 11.5 Å². The molecule has 1 aromatic carbocycles. The summed E-state index contributed by atoms with van der Waals surface area (Å²) in [6.07, 6.45) is 0.00621. The maximum absolute atomic E-state index is 12.3. The number of carbonyl (C=O) groups is 1. The van der Waals surface area contributed by atoms with Gasteiger partial charge in [0.05, 0.1) is 11.4 Å². The van der Waals surface area contributed by atoms with Crippen molar-refractivity contribution in [2.75, 3.05) is 13.2 Å². The molecule has 0 saturated heterocycles. The van der Waals surface area contributed by atoms with Crippen molar-refractivity contribution < 1.29 is 14.3 Å². The maximum Gasteiger partial charge on any atom is 0.264 e. The molecule has 1 aliphatic rings. The van der Waals surface area contributed by atoms with Gasteiger partial charge >= 0.3 is 0 Å². The number of ether oxygens (including phenoxy) is 2. The molecule has 1 aliphatic heterocycles. The first-order valence-corrected chi connectivity index (χ1v) is 9.62. The average molecular weight is 384 g/mol. The van der Waals surface area contributed by atoms with Gasteiger partial charge in [-0.25, -0.2) is 9.67 Å². The minimum absolute atomic E-state index is 0.182. The first kappa shape index (κ1) is 17.5. The van der Waals surface area contributed by atoms with Gasteiger partial charge in [-0.15, -0.1) is 11.3 Å². The number of aromatic nitrogens is 3. The van der Waals surface area contributed by atoms with E-state index in [4.69, 9.17) is 9.47 Å². The number of hydrogen-bond acceptors (Lipinski definition) is 6. The average Bonchev–Trinajstić information content (AvgIpc) is 3.27. The molecular formula is C19H20N4O3S. The van der Waals surface area contributed by atoms with Crippen molar-refractivity contribution in [1.82, 2.24) is 20.1 Å². The van der Waals surface area contributed by atoms with Crippen molar-refractivity contribution in [1.29, 1.82) is 0 Å². The van der Waals surface area contributed by atoms with E-state index in [0.29, 0.717) is 24.5 Å². The van der Waals surface area contributed by atoms with Gasteiger partial charge in [-0.1, -0.05) is 12.1 Å². The van der Waals surface area contributed by atoms with Crippen LogP contribution in [0.3, 0.4) is 0 Å². The number of para-hydroxylation sites is 2. The summed E-state index contributed by atoms with van der Waals surface area (Å²) in [6.45, 7) is 4.66. The predicted molar refractivity (Wildman–Crippen MR) is 102 cm³/mol. The molecule has 1 unspecified atom stereocenters. The third-order valence-electron chi connectivity index (χ3n) is 4.21. The zero-order valence-corrected chi connectivity index (χ0v) is 16.0. The van der Waals surface area contributed by atoms with Gasteiger partial charge in [0.2, 0.25) is 11.2 Å². The molecule has 0 fully saturated rings. The number of hydrogen-bond donors (Lipinski definition) is 1. The molecule has 0 spiro atoms. The Labute approximate surface area is 161 Å². The summed E-state index contributed by atoms with van der Waals surface area (Å²) in [4.78, 5) is 16.9. The van der Waals surface area contributed by atoms with Crippen LogP contribution in [0.15, 0.2) is 35.7 Å². The van der Waals surface area contributed by atoms with Gasteiger partial charge in [-0.3, -0.25) is 4.79 Å². The Kier molecular flexibility index (Phi) is 4.81. The van der Waals surface area contributed by atoms with E-state index < -0.39 is 6.10 Å². The molecule has 140 valence electrons. The molecule has 0 bridgehead atoms. The Morgan fingerprint density at radius 3 is 2.93 bits per heavy atom. The van der Waals surface area contributed by atoms with Crippen LogP contribution in [0, 0.1) is 13.8 Å². The van der Waals surface area contributed by atoms with Crippen molar-refractivity contribution in [2.24, 2.45) is 0 Å². The highest BCUT2D eigenvalue weighted by molar-refractivity contribution is 7.12. The lowest BCUT2D eigenvalue weighted by Gasteiger charge is -2.25. The minimum Gasteiger partial charge on any atom is -0.485 e. The van der Waals surface area contributed by atoms with E-state index >= 15 is 0 Å². The molecule has 0 saturated carbocycles. The molecule has 8 heteroatoms. The van der Waals surface area contributed by atoms with Crippen LogP contribution in [-0.2, 0) is 11.2 Å². The Morgan fingerprint density at radius 2 is 2.15 bits per heavy atom. The van der Waals surface area contributed by atoms with E-state index in [1.807, 2.05) is 48.2 Å². The minimum atomic E-state index is -0.638. The van der Waals surface area contributed by atoms with Crippen LogP contribution < -0.4 is 14.8 Å². The van der Waals surface area contributed by atoms with Gasteiger partial charge in [0.25, 0.3) is 5.91 Å². The molecule has 4 rings (SSSR count). The van der Waals surface area contributed by atoms with Crippen LogP contribution in [0.4, 0.5) is 0 Å². The Balaban J connectivity index is 1.30. The highest BCUT2D eigenvalue weighted by atomic mass is 32.1. The Hall–Kier alpha value is -2.87. The van der Waals surface area contributed by atoms with Crippen LogP contribution in [-0.4, -0.2) is 39.9 Å². The summed E-state index contributed by atoms with van der Waals surface area (Å²) in [5.41, 5.74) is 2.94. The fourth-order valence-electron chi connectivity index (χ4n) is 2.91. The Morgan fingerprint density at radius 1 is 1.33 bits per heavy atom. The van der Waals surface area contributed by atoms with Gasteiger partial charge in [-0.05, 0) is 32.0 Å². The third kappa shape index (κ3) is 3.80. The smallest absolute Gasteiger partial charge is 0.264 e. The second-order valence-corrected chi connectivity index (χ2v) is 7.20. The molecule has 1 N–H and O–H groups in total. The molecule has 1 atom stereocenters. The molecule has 2 aromatic heterocycles. The van der Waals surface area contributed by atoms with Gasteiger partial charge in [0, 0.05) is 24.0 Å². The quantitative estimate of drug-likeness (QED) is 0.731. The number of aryl methyl sites for hydroxylation is 2. The highest BCUT2D eigenvalue weighted by Crippen LogP contribution is 2.30. The predicted octanol–water partition coefficient (Wildman–Crippen LogP) is 2.44. The number of nitrogens with one attached hydrogen (secondary N) is 1. The fourth-order valence-corrected chi connectivity index (χ4v) is 3.77. The number of fused-ring (bicyclic) bond motifs is 1. The highest BCUT2D eigenvalue weighted by Gasteiger charge is 2.26. The fraction of sp³-hybridized carbons (Fsp3) is 0.316. The first-order valence-electron chi connectivity index (χ1n) is 8.74. The molecule has 0 aliphatic carbocycles. The monoisotopic (exact) mass is 384 g/mol. The molecular weight excluding hydrogens is 364 g/mol. The zero-order valence-electron chi connectivity index (χ0n) is 15.1. The van der Waals surface area contributed by atoms with E-state index in [1.165, 1.54) is 0 Å². The maximum atomic E-state index is 12.3. The van der Waals surface area contributed by atoms with Crippen molar-refractivity contribution in [3.05, 3.63) is 52.8 Å². The summed E-state index contributed by atoms with van der Waals surface area (Å²) in [5.74, 6) is 1.08. The van der Waals surface area contributed by atoms with E-state index in [-0.39, 0.29) is 12.5 Å². The second kappa shape index (κ2) is 7.40. The normalized spacial score (nSPS) is 15.6. The number of thiazole rings is 1. The van der Waals surface area contributed by atoms with Crippen molar-refractivity contribution in [3.8, 4) is 16.6 Å². The first-order chi connectivity index (χ1) is 13.1. The van der Waals surface area contributed by atoms with Crippen LogP contribution in [0.1, 0.15) is 17.1 Å². The van der Waals surface area contributed by atoms with Gasteiger partial charge in [0.1, 0.15) is 6.61 Å². The molecule has 7 nitrogen and oxygen atoms in total. The number of amides is 1. The molecule has 3 aromatic rings. The summed E-state index contributed by atoms with van der Waals surface area (Å²) in [7, 11) is 0. The van der Waals surface area contributed by atoms with Crippen molar-refractivity contribution in [2.45, 2.75) is 26.4 Å². The van der Waals surface area contributed by atoms with Crippen molar-refractivity contribution in [3.63, 3.8) is 0 Å². The van der Waals surface area contributed by atoms with E-state index in [0.717, 1.165) is 22.2 Å². The lowest BCUT2D eigenvalue weighted by Crippen LogP contribution is -2.44. The second-order valence-electron chi connectivity index (χ2n) is 6.37. The topological polar surface area (TPSA) is 78.3 Å². The van der Waals surface area contributed by atoms with E-state index in [9.17, 15) is 4.79 Å². The number of benzene rings is 1. The summed E-state index contributed by atoms with van der Waals surface area (Å²) >= 11 is 1.54. The zero-order chi connectivity index (χ0) is 18.8. The number of rotatable bonds is 5. The van der Waals surface area contributed by atoms with Crippen LogP contribution in [0.2, 0.25) is 0 Å².